The molecule has 2 aliphatic rings. The van der Waals surface area contributed by atoms with Crippen LogP contribution in [0.15, 0.2) is 46.4 Å². The first-order valence-corrected chi connectivity index (χ1v) is 10.5. The maximum atomic E-state index is 5.23. The fourth-order valence-electron chi connectivity index (χ4n) is 4.13. The van der Waals surface area contributed by atoms with Crippen LogP contribution in [0.2, 0.25) is 0 Å². The third-order valence-corrected chi connectivity index (χ3v) is 6.35. The first-order valence-electron chi connectivity index (χ1n) is 10.5. The smallest absolute Gasteiger partial charge is 0.176 e. The van der Waals surface area contributed by atoms with Crippen molar-refractivity contribution < 1.29 is 0 Å². The Morgan fingerprint density at radius 1 is 0.750 bits per heavy atom. The summed E-state index contributed by atoms with van der Waals surface area (Å²) < 4.78 is 0. The normalized spacial score (nSPS) is 22.2. The van der Waals surface area contributed by atoms with E-state index in [1.807, 2.05) is 0 Å². The molecule has 0 N–H and O–H groups in total. The van der Waals surface area contributed by atoms with E-state index in [1.54, 1.807) is 0 Å². The van der Waals surface area contributed by atoms with Crippen LogP contribution in [-0.2, 0) is 5.66 Å². The van der Waals surface area contributed by atoms with Gasteiger partial charge < -0.3 is 4.90 Å². The van der Waals surface area contributed by atoms with Crippen LogP contribution in [0, 0.1) is 27.7 Å². The Balaban J connectivity index is 1.82. The molecule has 146 valence electrons. The lowest BCUT2D eigenvalue weighted by atomic mass is 9.98. The van der Waals surface area contributed by atoms with Crippen molar-refractivity contribution in [2.45, 2.75) is 59.5 Å². The summed E-state index contributed by atoms with van der Waals surface area (Å²) in [4.78, 5) is 12.9. The molecule has 2 aromatic carbocycles. The standard InChI is InChI=1S/C25H31N3/c1-17-9-11-21(15-19(17)3)23-24(28-13-7-6-8-14-28)27-25(5,26-23)22-12-10-18(2)20(4)16-22/h9-12,15-16H,6-8,13-14H2,1-5H3. The molecule has 1 unspecified atom stereocenters. The summed E-state index contributed by atoms with van der Waals surface area (Å²) in [6.07, 6.45) is 3.79. The van der Waals surface area contributed by atoms with Crippen LogP contribution in [0.25, 0.3) is 0 Å². The fraction of sp³-hybridized carbons (Fsp3) is 0.440. The lowest BCUT2D eigenvalue weighted by Gasteiger charge is -2.29. The molecule has 0 amide bonds. The number of hydrogen-bond donors (Lipinski definition) is 0. The average molecular weight is 374 g/mol. The quantitative estimate of drug-likeness (QED) is 0.685. The average Bonchev–Trinajstić information content (AvgIpc) is 3.06. The molecular formula is C25H31N3. The Kier molecular flexibility index (Phi) is 4.86. The molecular weight excluding hydrogens is 342 g/mol. The number of amidine groups is 1. The minimum atomic E-state index is -0.556. The zero-order valence-corrected chi connectivity index (χ0v) is 17.8. The highest BCUT2D eigenvalue weighted by molar-refractivity contribution is 6.48. The van der Waals surface area contributed by atoms with E-state index in [0.29, 0.717) is 0 Å². The van der Waals surface area contributed by atoms with Crippen molar-refractivity contribution >= 4 is 11.5 Å². The Hall–Kier alpha value is -2.42. The van der Waals surface area contributed by atoms with Crippen molar-refractivity contribution in [1.82, 2.24) is 4.90 Å². The first kappa shape index (κ1) is 18.9. The van der Waals surface area contributed by atoms with Gasteiger partial charge in [-0.05, 0) is 82.2 Å². The van der Waals surface area contributed by atoms with Crippen LogP contribution >= 0.6 is 0 Å². The van der Waals surface area contributed by atoms with Gasteiger partial charge in [-0.15, -0.1) is 0 Å². The lowest BCUT2D eigenvalue weighted by molar-refractivity contribution is 0.343. The van der Waals surface area contributed by atoms with Crippen molar-refractivity contribution in [2.24, 2.45) is 9.98 Å². The predicted octanol–water partition coefficient (Wildman–Crippen LogP) is 5.48. The van der Waals surface area contributed by atoms with Gasteiger partial charge in [-0.3, -0.25) is 0 Å². The third-order valence-electron chi connectivity index (χ3n) is 6.35. The van der Waals surface area contributed by atoms with Crippen LogP contribution in [-0.4, -0.2) is 29.5 Å². The highest BCUT2D eigenvalue weighted by atomic mass is 15.3. The Bertz CT molecular complexity index is 964. The van der Waals surface area contributed by atoms with E-state index in [1.165, 1.54) is 52.6 Å². The van der Waals surface area contributed by atoms with E-state index in [4.69, 9.17) is 9.98 Å². The molecule has 0 saturated carbocycles. The second kappa shape index (κ2) is 7.20. The van der Waals surface area contributed by atoms with Crippen molar-refractivity contribution in [2.75, 3.05) is 13.1 Å². The van der Waals surface area contributed by atoms with E-state index < -0.39 is 5.66 Å². The number of aryl methyl sites for hydroxylation is 4. The largest absolute Gasteiger partial charge is 0.355 e. The Morgan fingerprint density at radius 2 is 1.39 bits per heavy atom. The van der Waals surface area contributed by atoms with Crippen LogP contribution < -0.4 is 0 Å². The van der Waals surface area contributed by atoms with Crippen molar-refractivity contribution in [1.29, 1.82) is 0 Å². The van der Waals surface area contributed by atoms with E-state index >= 15 is 0 Å². The molecule has 3 nitrogen and oxygen atoms in total. The zero-order valence-electron chi connectivity index (χ0n) is 17.8. The molecule has 1 atom stereocenters. The number of hydrogen-bond acceptors (Lipinski definition) is 3. The monoisotopic (exact) mass is 373 g/mol. The van der Waals surface area contributed by atoms with Crippen molar-refractivity contribution in [3.8, 4) is 0 Å². The van der Waals surface area contributed by atoms with Crippen LogP contribution in [0.5, 0.6) is 0 Å². The summed E-state index contributed by atoms with van der Waals surface area (Å²) in [6.45, 7) is 13.0. The molecule has 0 radical (unpaired) electrons. The van der Waals surface area contributed by atoms with Crippen molar-refractivity contribution in [3.05, 3.63) is 69.8 Å². The Morgan fingerprint density at radius 3 is 2.04 bits per heavy atom. The summed E-state index contributed by atoms with van der Waals surface area (Å²) >= 11 is 0. The highest BCUT2D eigenvalue weighted by Crippen LogP contribution is 2.35. The number of piperidine rings is 1. The summed E-state index contributed by atoms with van der Waals surface area (Å²) in [6, 6.07) is 13.3. The van der Waals surface area contributed by atoms with Gasteiger partial charge in [0.25, 0.3) is 0 Å². The van der Waals surface area contributed by atoms with E-state index in [9.17, 15) is 0 Å². The molecule has 0 spiro atoms. The van der Waals surface area contributed by atoms with Gasteiger partial charge in [0, 0.05) is 24.2 Å². The molecule has 2 aromatic rings. The molecule has 28 heavy (non-hydrogen) atoms. The second-order valence-corrected chi connectivity index (χ2v) is 8.56. The summed E-state index contributed by atoms with van der Waals surface area (Å²) in [7, 11) is 0. The number of rotatable bonds is 2. The zero-order chi connectivity index (χ0) is 19.9. The van der Waals surface area contributed by atoms with E-state index in [0.717, 1.165) is 24.6 Å². The molecule has 2 aliphatic heterocycles. The van der Waals surface area contributed by atoms with Gasteiger partial charge in [-0.25, -0.2) is 9.98 Å². The van der Waals surface area contributed by atoms with Gasteiger partial charge in [-0.2, -0.15) is 0 Å². The predicted molar refractivity (Wildman–Crippen MR) is 119 cm³/mol. The van der Waals surface area contributed by atoms with Crippen LogP contribution in [0.1, 0.15) is 59.6 Å². The summed E-state index contributed by atoms with van der Waals surface area (Å²) in [5.74, 6) is 1.07. The maximum absolute atomic E-state index is 5.23. The van der Waals surface area contributed by atoms with E-state index in [-0.39, 0.29) is 0 Å². The Labute approximate surface area is 169 Å². The topological polar surface area (TPSA) is 28.0 Å². The molecule has 3 heteroatoms. The number of benzene rings is 2. The number of likely N-dealkylation sites (tertiary alicyclic amines) is 1. The molecule has 1 saturated heterocycles. The number of nitrogens with zero attached hydrogens (tertiary/aromatic N) is 3. The van der Waals surface area contributed by atoms with E-state index in [2.05, 4.69) is 75.9 Å². The fourth-order valence-corrected chi connectivity index (χ4v) is 4.13. The number of aliphatic imine (C=N–C) groups is 2. The van der Waals surface area contributed by atoms with Gasteiger partial charge in [0.05, 0.1) is 0 Å². The first-order chi connectivity index (χ1) is 13.4. The summed E-state index contributed by atoms with van der Waals surface area (Å²) in [5, 5.41) is 0. The lowest BCUT2D eigenvalue weighted by Crippen LogP contribution is -2.39. The van der Waals surface area contributed by atoms with Gasteiger partial charge in [0.1, 0.15) is 5.71 Å². The molecule has 0 aromatic heterocycles. The maximum Gasteiger partial charge on any atom is 0.176 e. The highest BCUT2D eigenvalue weighted by Gasteiger charge is 2.36. The third kappa shape index (κ3) is 3.39. The second-order valence-electron chi connectivity index (χ2n) is 8.56. The molecule has 2 heterocycles. The molecule has 0 aliphatic carbocycles. The molecule has 1 fully saturated rings. The van der Waals surface area contributed by atoms with Crippen molar-refractivity contribution in [3.63, 3.8) is 0 Å². The molecule has 4 rings (SSSR count). The SMILES string of the molecule is Cc1ccc(C2=NC(C)(c3ccc(C)c(C)c3)N=C2N2CCCCC2)cc1C. The van der Waals surface area contributed by atoms with Crippen LogP contribution in [0.4, 0.5) is 0 Å². The summed E-state index contributed by atoms with van der Waals surface area (Å²) in [5.41, 5.74) is 8.06. The van der Waals surface area contributed by atoms with Gasteiger partial charge in [0.15, 0.2) is 11.5 Å². The van der Waals surface area contributed by atoms with Gasteiger partial charge >= 0.3 is 0 Å². The van der Waals surface area contributed by atoms with Gasteiger partial charge in [-0.1, -0.05) is 30.3 Å². The van der Waals surface area contributed by atoms with Crippen LogP contribution in [0.3, 0.4) is 0 Å². The minimum absolute atomic E-state index is 0.556. The molecule has 0 bridgehead atoms. The minimum Gasteiger partial charge on any atom is -0.355 e. The van der Waals surface area contributed by atoms with Gasteiger partial charge in [0.2, 0.25) is 0 Å².